The highest BCUT2D eigenvalue weighted by Crippen LogP contribution is 2.32. The molecular weight excluding hydrogens is 827 g/mol. The molecule has 0 bridgehead atoms. The molecule has 1 aromatic heterocycles. The number of rotatable bonds is 12. The summed E-state index contributed by atoms with van der Waals surface area (Å²) in [6.07, 6.45) is 2.87. The Morgan fingerprint density at radius 1 is 0.846 bits per heavy atom. The van der Waals surface area contributed by atoms with E-state index in [1.165, 1.54) is 0 Å². The van der Waals surface area contributed by atoms with Gasteiger partial charge in [-0.05, 0) is 156 Å². The average molecular weight is 892 g/mol. The number of amides is 5. The fraction of sp³-hybridized carbons (Fsp3) is 0.510. The molecule has 1 aliphatic heterocycles. The van der Waals surface area contributed by atoms with Crippen LogP contribution in [-0.4, -0.2) is 98.4 Å². The number of tetrazole rings is 1. The number of nitrogens with one attached hydrogen (secondary N) is 5. The normalized spacial score (nSPS) is 19.0. The van der Waals surface area contributed by atoms with E-state index in [1.807, 2.05) is 90.9 Å². The number of aryl methyl sites for hydroxylation is 1. The second kappa shape index (κ2) is 20.2. The first kappa shape index (κ1) is 48.1. The molecule has 2 fully saturated rings. The van der Waals surface area contributed by atoms with Crippen LogP contribution in [0.3, 0.4) is 0 Å². The number of benzene rings is 3. The third-order valence-corrected chi connectivity index (χ3v) is 11.9. The van der Waals surface area contributed by atoms with Gasteiger partial charge < -0.3 is 35.6 Å². The number of piperidine rings is 1. The summed E-state index contributed by atoms with van der Waals surface area (Å²) in [5.41, 5.74) is 4.01. The Kier molecular flexibility index (Phi) is 15.0. The maximum Gasteiger partial charge on any atom is 0.410 e. The van der Waals surface area contributed by atoms with Gasteiger partial charge in [0.15, 0.2) is 5.82 Å². The van der Waals surface area contributed by atoms with E-state index in [4.69, 9.17) is 9.47 Å². The van der Waals surface area contributed by atoms with Crippen molar-refractivity contribution < 1.29 is 33.4 Å². The number of carbonyl (C=O) groups excluding carboxylic acids is 5. The van der Waals surface area contributed by atoms with Gasteiger partial charge in [-0.3, -0.25) is 14.4 Å². The molecule has 5 amide bonds. The molecule has 16 nitrogen and oxygen atoms in total. The Morgan fingerprint density at radius 3 is 2.11 bits per heavy atom. The van der Waals surface area contributed by atoms with Crippen LogP contribution >= 0.6 is 0 Å². The predicted molar refractivity (Wildman–Crippen MR) is 248 cm³/mol. The van der Waals surface area contributed by atoms with Crippen LogP contribution < -0.4 is 21.3 Å². The Bertz CT molecular complexity index is 2290. The smallest absolute Gasteiger partial charge is 0.410 e. The fourth-order valence-corrected chi connectivity index (χ4v) is 8.42. The molecule has 2 aliphatic rings. The van der Waals surface area contributed by atoms with E-state index < -0.39 is 23.3 Å². The third kappa shape index (κ3) is 13.6. The third-order valence-electron chi connectivity index (χ3n) is 11.9. The van der Waals surface area contributed by atoms with Crippen LogP contribution in [0.5, 0.6) is 0 Å². The Labute approximate surface area is 381 Å². The number of hydrogen-bond acceptors (Lipinski definition) is 10. The molecule has 5 N–H and O–H groups in total. The van der Waals surface area contributed by atoms with Crippen molar-refractivity contribution in [3.05, 3.63) is 83.4 Å². The number of hydrogen-bond donors (Lipinski definition) is 5. The van der Waals surface area contributed by atoms with Crippen LogP contribution in [-0.2, 0) is 25.5 Å². The summed E-state index contributed by atoms with van der Waals surface area (Å²) in [6.45, 7) is 18.5. The minimum Gasteiger partial charge on any atom is -0.444 e. The van der Waals surface area contributed by atoms with E-state index >= 15 is 0 Å². The monoisotopic (exact) mass is 892 g/mol. The zero-order chi connectivity index (χ0) is 47.1. The van der Waals surface area contributed by atoms with Crippen molar-refractivity contribution in [1.29, 1.82) is 0 Å². The van der Waals surface area contributed by atoms with Gasteiger partial charge in [0.25, 0.3) is 5.91 Å². The Morgan fingerprint density at radius 2 is 1.51 bits per heavy atom. The van der Waals surface area contributed by atoms with Gasteiger partial charge in [0, 0.05) is 60.2 Å². The van der Waals surface area contributed by atoms with Crippen molar-refractivity contribution in [2.75, 3.05) is 25.0 Å². The molecule has 16 heteroatoms. The van der Waals surface area contributed by atoms with Crippen molar-refractivity contribution in [3.63, 3.8) is 0 Å². The second-order valence-electron chi connectivity index (χ2n) is 20.1. The van der Waals surface area contributed by atoms with Crippen molar-refractivity contribution in [3.8, 4) is 22.5 Å². The van der Waals surface area contributed by atoms with Gasteiger partial charge in [-0.1, -0.05) is 44.2 Å². The van der Waals surface area contributed by atoms with Crippen LogP contribution in [0.15, 0.2) is 66.7 Å². The zero-order valence-electron chi connectivity index (χ0n) is 39.2. The molecule has 1 saturated heterocycles. The van der Waals surface area contributed by atoms with Gasteiger partial charge in [0.2, 0.25) is 11.8 Å². The molecule has 4 aromatic rings. The summed E-state index contributed by atoms with van der Waals surface area (Å²) in [7, 11) is 0. The summed E-state index contributed by atoms with van der Waals surface area (Å²) < 4.78 is 11.0. The first-order valence-corrected chi connectivity index (χ1v) is 22.5. The molecule has 2 heterocycles. The van der Waals surface area contributed by atoms with Gasteiger partial charge in [-0.25, -0.2) is 14.7 Å². The second-order valence-corrected chi connectivity index (χ2v) is 20.1. The van der Waals surface area contributed by atoms with Crippen LogP contribution in [0.25, 0.3) is 22.5 Å². The molecular formula is C49H65N9O7. The molecule has 1 saturated carbocycles. The molecule has 0 spiro atoms. The standard InChI is InChI=1S/C49H65N9O7/c1-30-26-36(43(60)53-40-24-25-58(29-49(40,8)9)46(63)65-48(5,6)7)20-23-38(30)33-14-10-31(11-15-33)27-39(44(61)51-37-21-18-34(19-22-37)41-54-56-57-55-41)52-42(59)35-16-12-32(13-17-35)28-50-45(62)64-47(2,3)4/h10-11,14-15,18-23,26,32,35,39-40H,12-13,16-17,24-25,27-29H2,1-9H3,(H,50,62)(H,51,61)(H,52,59)(H,53,60)(H,54,55,56,57)/t32-,35-,39-,40?/m0/s1. The lowest BCUT2D eigenvalue weighted by atomic mass is 9.79. The molecule has 6 rings (SSSR count). The summed E-state index contributed by atoms with van der Waals surface area (Å²) in [5.74, 6) is -0.241. The van der Waals surface area contributed by atoms with Crippen LogP contribution in [0.4, 0.5) is 15.3 Å². The number of alkyl carbamates (subject to hydrolysis) is 1. The van der Waals surface area contributed by atoms with Crippen LogP contribution in [0.1, 0.15) is 109 Å². The lowest BCUT2D eigenvalue weighted by Crippen LogP contribution is -2.57. The fourth-order valence-electron chi connectivity index (χ4n) is 8.42. The maximum absolute atomic E-state index is 13.9. The number of H-pyrrole nitrogens is 1. The predicted octanol–water partition coefficient (Wildman–Crippen LogP) is 7.60. The topological polar surface area (TPSA) is 210 Å². The van der Waals surface area contributed by atoms with E-state index in [1.54, 1.807) is 29.2 Å². The van der Waals surface area contributed by atoms with E-state index in [0.717, 1.165) is 40.7 Å². The average Bonchev–Trinajstić information content (AvgIpc) is 3.78. The summed E-state index contributed by atoms with van der Waals surface area (Å²) in [6, 6.07) is 19.6. The maximum atomic E-state index is 13.9. The Balaban J connectivity index is 1.09. The van der Waals surface area contributed by atoms with Gasteiger partial charge >= 0.3 is 12.2 Å². The Hall–Kier alpha value is -6.32. The van der Waals surface area contributed by atoms with Crippen molar-refractivity contribution in [2.24, 2.45) is 17.3 Å². The first-order chi connectivity index (χ1) is 30.6. The number of ether oxygens (including phenoxy) is 2. The van der Waals surface area contributed by atoms with Crippen LogP contribution in [0.2, 0.25) is 0 Å². The number of aromatic amines is 1. The highest BCUT2D eigenvalue weighted by atomic mass is 16.6. The van der Waals surface area contributed by atoms with Crippen molar-refractivity contribution in [2.45, 2.75) is 124 Å². The lowest BCUT2D eigenvalue weighted by Gasteiger charge is -2.44. The summed E-state index contributed by atoms with van der Waals surface area (Å²) in [5, 5.41) is 26.0. The van der Waals surface area contributed by atoms with Gasteiger partial charge in [-0.2, -0.15) is 0 Å². The van der Waals surface area contributed by atoms with E-state index in [-0.39, 0.29) is 53.5 Å². The molecule has 2 atom stereocenters. The number of anilines is 1. The van der Waals surface area contributed by atoms with Gasteiger partial charge in [0.1, 0.15) is 17.2 Å². The summed E-state index contributed by atoms with van der Waals surface area (Å²) in [4.78, 5) is 68.0. The minimum absolute atomic E-state index is 0.130. The first-order valence-electron chi connectivity index (χ1n) is 22.5. The van der Waals surface area contributed by atoms with Gasteiger partial charge in [0.05, 0.1) is 0 Å². The van der Waals surface area contributed by atoms with E-state index in [0.29, 0.717) is 56.0 Å². The van der Waals surface area contributed by atoms with E-state index in [2.05, 4.69) is 55.7 Å². The van der Waals surface area contributed by atoms with E-state index in [9.17, 15) is 24.0 Å². The van der Waals surface area contributed by atoms with Crippen molar-refractivity contribution >= 4 is 35.6 Å². The minimum atomic E-state index is -0.868. The highest BCUT2D eigenvalue weighted by molar-refractivity contribution is 5.98. The summed E-state index contributed by atoms with van der Waals surface area (Å²) >= 11 is 0. The highest BCUT2D eigenvalue weighted by Gasteiger charge is 2.40. The molecule has 1 aliphatic carbocycles. The molecule has 0 radical (unpaired) electrons. The lowest BCUT2D eigenvalue weighted by molar-refractivity contribution is -0.130. The largest absolute Gasteiger partial charge is 0.444 e. The number of carbonyl (C=O) groups is 5. The van der Waals surface area contributed by atoms with Crippen LogP contribution in [0, 0.1) is 24.2 Å². The quantitative estimate of drug-likeness (QED) is 0.0940. The SMILES string of the molecule is Cc1cc(C(=O)NC2CCN(C(=O)OC(C)(C)C)CC2(C)C)ccc1-c1ccc(C[C@H](NC(=O)[C@H]2CC[C@H](CNC(=O)OC(C)(C)C)CC2)C(=O)Nc2ccc(-c3nnn[nH]3)cc2)cc1. The number of nitrogens with zero attached hydrogens (tertiary/aromatic N) is 4. The van der Waals surface area contributed by atoms with Crippen molar-refractivity contribution in [1.82, 2.24) is 41.5 Å². The number of aromatic nitrogens is 4. The number of likely N-dealkylation sites (tertiary alicyclic amines) is 1. The molecule has 65 heavy (non-hydrogen) atoms. The molecule has 348 valence electrons. The zero-order valence-corrected chi connectivity index (χ0v) is 39.2. The van der Waals surface area contributed by atoms with Gasteiger partial charge in [-0.15, -0.1) is 5.10 Å². The molecule has 1 unspecified atom stereocenters. The molecule has 3 aromatic carbocycles.